The van der Waals surface area contributed by atoms with E-state index in [2.05, 4.69) is 4.90 Å². The Kier molecular flexibility index (Phi) is 8.52. The van der Waals surface area contributed by atoms with Crippen molar-refractivity contribution in [1.82, 2.24) is 4.90 Å². The van der Waals surface area contributed by atoms with E-state index in [1.807, 2.05) is 0 Å². The van der Waals surface area contributed by atoms with Gasteiger partial charge in [-0.25, -0.2) is 0 Å². The summed E-state index contributed by atoms with van der Waals surface area (Å²) < 4.78 is 16.3. The van der Waals surface area contributed by atoms with Gasteiger partial charge in [-0.3, -0.25) is 4.90 Å². The normalized spacial score (nSPS) is 15.4. The monoisotopic (exact) mass is 355 g/mol. The molecule has 1 aromatic carbocycles. The second kappa shape index (κ2) is 9.59. The zero-order valence-electron chi connectivity index (χ0n) is 11.9. The Morgan fingerprint density at radius 2 is 1.95 bits per heavy atom. The molecule has 1 saturated heterocycles. The number of hydrogen-bond donors (Lipinski definition) is 0. The zero-order chi connectivity index (χ0) is 14.4. The SMILES string of the molecule is COc1c(Cl)cc(Cl)cc1OCCCN1CCOCC1.Cl. The van der Waals surface area contributed by atoms with Crippen molar-refractivity contribution in [3.8, 4) is 11.5 Å². The van der Waals surface area contributed by atoms with E-state index >= 15 is 0 Å². The molecule has 0 N–H and O–H groups in total. The van der Waals surface area contributed by atoms with Crippen LogP contribution in [-0.2, 0) is 4.74 Å². The largest absolute Gasteiger partial charge is 0.491 e. The molecular formula is C14H20Cl3NO3. The molecule has 0 aliphatic carbocycles. The van der Waals surface area contributed by atoms with Crippen molar-refractivity contribution in [2.24, 2.45) is 0 Å². The van der Waals surface area contributed by atoms with Gasteiger partial charge in [-0.05, 0) is 12.5 Å². The van der Waals surface area contributed by atoms with Gasteiger partial charge in [-0.2, -0.15) is 0 Å². The maximum Gasteiger partial charge on any atom is 0.179 e. The van der Waals surface area contributed by atoms with Crippen LogP contribution in [0.15, 0.2) is 12.1 Å². The van der Waals surface area contributed by atoms with Crippen LogP contribution < -0.4 is 9.47 Å². The molecule has 1 aliphatic heterocycles. The summed E-state index contributed by atoms with van der Waals surface area (Å²) in [6, 6.07) is 3.36. The maximum absolute atomic E-state index is 6.06. The first kappa shape index (κ1) is 18.7. The summed E-state index contributed by atoms with van der Waals surface area (Å²) in [6.07, 6.45) is 0.938. The second-order valence-electron chi connectivity index (χ2n) is 4.58. The molecule has 0 bridgehead atoms. The summed E-state index contributed by atoms with van der Waals surface area (Å²) in [6.45, 7) is 5.22. The van der Waals surface area contributed by atoms with Crippen molar-refractivity contribution in [3.05, 3.63) is 22.2 Å². The van der Waals surface area contributed by atoms with Crippen molar-refractivity contribution in [1.29, 1.82) is 0 Å². The molecule has 0 atom stereocenters. The molecule has 0 unspecified atom stereocenters. The van der Waals surface area contributed by atoms with Gasteiger partial charge in [-0.15, -0.1) is 12.4 Å². The van der Waals surface area contributed by atoms with Crippen LogP contribution in [0.3, 0.4) is 0 Å². The third-order valence-corrected chi connectivity index (χ3v) is 3.66. The maximum atomic E-state index is 6.06. The van der Waals surface area contributed by atoms with Crippen molar-refractivity contribution in [3.63, 3.8) is 0 Å². The average Bonchev–Trinajstić information content (AvgIpc) is 2.44. The van der Waals surface area contributed by atoms with Gasteiger partial charge in [-0.1, -0.05) is 23.2 Å². The average molecular weight is 357 g/mol. The van der Waals surface area contributed by atoms with Crippen molar-refractivity contribution in [2.45, 2.75) is 6.42 Å². The highest BCUT2D eigenvalue weighted by Gasteiger charge is 2.12. The first-order valence-electron chi connectivity index (χ1n) is 6.66. The Morgan fingerprint density at radius 1 is 1.24 bits per heavy atom. The number of benzene rings is 1. The lowest BCUT2D eigenvalue weighted by Gasteiger charge is -2.26. The molecule has 7 heteroatoms. The smallest absolute Gasteiger partial charge is 0.179 e. The third-order valence-electron chi connectivity index (χ3n) is 3.16. The van der Waals surface area contributed by atoms with Gasteiger partial charge in [0.1, 0.15) is 0 Å². The number of ether oxygens (including phenoxy) is 3. The summed E-state index contributed by atoms with van der Waals surface area (Å²) in [5, 5.41) is 1.00. The molecule has 21 heavy (non-hydrogen) atoms. The fraction of sp³-hybridized carbons (Fsp3) is 0.571. The van der Waals surface area contributed by atoms with Gasteiger partial charge in [0.2, 0.25) is 0 Å². The van der Waals surface area contributed by atoms with E-state index in [4.69, 9.17) is 37.4 Å². The van der Waals surface area contributed by atoms with E-state index in [1.165, 1.54) is 0 Å². The molecule has 0 radical (unpaired) electrons. The van der Waals surface area contributed by atoms with Crippen molar-refractivity contribution < 1.29 is 14.2 Å². The lowest BCUT2D eigenvalue weighted by molar-refractivity contribution is 0.0357. The minimum atomic E-state index is 0. The molecule has 4 nitrogen and oxygen atoms in total. The number of halogens is 3. The molecule has 120 valence electrons. The molecular weight excluding hydrogens is 337 g/mol. The topological polar surface area (TPSA) is 30.9 Å². The van der Waals surface area contributed by atoms with E-state index in [1.54, 1.807) is 19.2 Å². The summed E-state index contributed by atoms with van der Waals surface area (Å²) in [5.74, 6) is 1.12. The molecule has 1 fully saturated rings. The minimum Gasteiger partial charge on any atom is -0.491 e. The predicted octanol–water partition coefficient (Wildman–Crippen LogP) is 3.52. The second-order valence-corrected chi connectivity index (χ2v) is 5.42. The number of morpholine rings is 1. The highest BCUT2D eigenvalue weighted by molar-refractivity contribution is 6.35. The molecule has 0 saturated carbocycles. The molecule has 0 amide bonds. The fourth-order valence-corrected chi connectivity index (χ4v) is 2.69. The Hall–Kier alpha value is -0.390. The molecule has 1 heterocycles. The summed E-state index contributed by atoms with van der Waals surface area (Å²) in [4.78, 5) is 2.37. The Labute approximate surface area is 141 Å². The van der Waals surface area contributed by atoms with Crippen LogP contribution in [0, 0.1) is 0 Å². The first-order valence-corrected chi connectivity index (χ1v) is 7.42. The van der Waals surface area contributed by atoms with Gasteiger partial charge in [0, 0.05) is 30.7 Å². The van der Waals surface area contributed by atoms with Gasteiger partial charge >= 0.3 is 0 Å². The number of rotatable bonds is 6. The minimum absolute atomic E-state index is 0. The fourth-order valence-electron chi connectivity index (χ4n) is 2.14. The van der Waals surface area contributed by atoms with Crippen LogP contribution in [0.4, 0.5) is 0 Å². The number of nitrogens with zero attached hydrogens (tertiary/aromatic N) is 1. The van der Waals surface area contributed by atoms with E-state index in [-0.39, 0.29) is 12.4 Å². The molecule has 0 spiro atoms. The van der Waals surface area contributed by atoms with Crippen LogP contribution >= 0.6 is 35.6 Å². The van der Waals surface area contributed by atoms with Gasteiger partial charge in [0.25, 0.3) is 0 Å². The standard InChI is InChI=1S/C14H19Cl2NO3.ClH/c1-18-14-12(16)9-11(15)10-13(14)20-6-2-3-17-4-7-19-8-5-17;/h9-10H,2-8H2,1H3;1H. The lowest BCUT2D eigenvalue weighted by atomic mass is 10.3. The highest BCUT2D eigenvalue weighted by Crippen LogP contribution is 2.37. The summed E-state index contributed by atoms with van der Waals surface area (Å²) in [7, 11) is 1.57. The molecule has 1 aromatic rings. The number of methoxy groups -OCH3 is 1. The van der Waals surface area contributed by atoms with Gasteiger partial charge < -0.3 is 14.2 Å². The van der Waals surface area contributed by atoms with Gasteiger partial charge in [0.05, 0.1) is 32.0 Å². The van der Waals surface area contributed by atoms with E-state index < -0.39 is 0 Å². The Balaban J connectivity index is 0.00000220. The third kappa shape index (κ3) is 5.72. The molecule has 2 rings (SSSR count). The molecule has 1 aliphatic rings. The first-order chi connectivity index (χ1) is 9.70. The predicted molar refractivity (Wildman–Crippen MR) is 87.6 cm³/mol. The summed E-state index contributed by atoms with van der Waals surface area (Å²) >= 11 is 12.0. The van der Waals surface area contributed by atoms with Crippen LogP contribution in [0.5, 0.6) is 11.5 Å². The lowest BCUT2D eigenvalue weighted by Crippen LogP contribution is -2.37. The van der Waals surface area contributed by atoms with Crippen LogP contribution in [0.1, 0.15) is 6.42 Å². The Morgan fingerprint density at radius 3 is 2.62 bits per heavy atom. The van der Waals surface area contributed by atoms with Crippen LogP contribution in [0.25, 0.3) is 0 Å². The van der Waals surface area contributed by atoms with Crippen LogP contribution in [-0.4, -0.2) is 51.5 Å². The van der Waals surface area contributed by atoms with E-state index in [0.717, 1.165) is 39.3 Å². The van der Waals surface area contributed by atoms with E-state index in [0.29, 0.717) is 28.2 Å². The quantitative estimate of drug-likeness (QED) is 0.730. The summed E-state index contributed by atoms with van der Waals surface area (Å²) in [5.41, 5.74) is 0. The van der Waals surface area contributed by atoms with Gasteiger partial charge in [0.15, 0.2) is 11.5 Å². The number of hydrogen-bond acceptors (Lipinski definition) is 4. The van der Waals surface area contributed by atoms with E-state index in [9.17, 15) is 0 Å². The molecule has 0 aromatic heterocycles. The van der Waals surface area contributed by atoms with Crippen molar-refractivity contribution >= 4 is 35.6 Å². The Bertz CT molecular complexity index is 440. The zero-order valence-corrected chi connectivity index (χ0v) is 14.3. The highest BCUT2D eigenvalue weighted by atomic mass is 35.5. The van der Waals surface area contributed by atoms with Crippen molar-refractivity contribution in [2.75, 3.05) is 46.6 Å². The van der Waals surface area contributed by atoms with Crippen LogP contribution in [0.2, 0.25) is 10.0 Å².